The molecule has 6 heteroatoms. The van der Waals surface area contributed by atoms with E-state index in [4.69, 9.17) is 10.5 Å². The van der Waals surface area contributed by atoms with Crippen molar-refractivity contribution in [3.8, 4) is 0 Å². The molecule has 0 saturated heterocycles. The average molecular weight is 246 g/mol. The molecule has 1 rings (SSSR count). The van der Waals surface area contributed by atoms with Crippen molar-refractivity contribution in [3.63, 3.8) is 0 Å². The molecule has 1 aromatic rings. The maximum absolute atomic E-state index is 12.2. The van der Waals surface area contributed by atoms with Crippen LogP contribution in [0, 0.1) is 4.78 Å². The number of rotatable bonds is 4. The van der Waals surface area contributed by atoms with E-state index < -0.39 is 28.5 Å². The van der Waals surface area contributed by atoms with E-state index >= 15 is 0 Å². The normalized spacial score (nSPS) is 18.8. The van der Waals surface area contributed by atoms with Crippen molar-refractivity contribution >= 4 is 9.73 Å². The quantitative estimate of drug-likeness (QED) is 0.742. The largest absolute Gasteiger partial charge is 0.387 e. The SMILES string of the molecule is CS(=N)(=O)c1ccc([C@@H](O)C(N)CF)cc1. The first-order valence-corrected chi connectivity index (χ1v) is 6.66. The van der Waals surface area contributed by atoms with E-state index in [1.165, 1.54) is 30.5 Å². The van der Waals surface area contributed by atoms with Crippen LogP contribution in [-0.2, 0) is 9.73 Å². The third-order valence-electron chi connectivity index (χ3n) is 2.26. The fourth-order valence-electron chi connectivity index (χ4n) is 1.26. The summed E-state index contributed by atoms with van der Waals surface area (Å²) in [5, 5.41) is 9.60. The van der Waals surface area contributed by atoms with Gasteiger partial charge in [-0.3, -0.25) is 0 Å². The van der Waals surface area contributed by atoms with E-state index in [1.54, 1.807) is 0 Å². The molecule has 0 heterocycles. The van der Waals surface area contributed by atoms with Gasteiger partial charge in [0.25, 0.3) is 0 Å². The maximum atomic E-state index is 12.2. The van der Waals surface area contributed by atoms with Crippen molar-refractivity contribution in [1.82, 2.24) is 0 Å². The molecule has 0 fully saturated rings. The van der Waals surface area contributed by atoms with Crippen LogP contribution in [0.5, 0.6) is 0 Å². The van der Waals surface area contributed by atoms with Crippen LogP contribution in [0.2, 0.25) is 0 Å². The summed E-state index contributed by atoms with van der Waals surface area (Å²) < 4.78 is 31.0. The summed E-state index contributed by atoms with van der Waals surface area (Å²) in [6.45, 7) is -0.814. The van der Waals surface area contributed by atoms with Gasteiger partial charge >= 0.3 is 0 Å². The fraction of sp³-hybridized carbons (Fsp3) is 0.400. The summed E-state index contributed by atoms with van der Waals surface area (Å²) in [5.74, 6) is 0. The Balaban J connectivity index is 2.96. The van der Waals surface area contributed by atoms with Crippen LogP contribution in [0.3, 0.4) is 0 Å². The molecule has 3 atom stereocenters. The third-order valence-corrected chi connectivity index (χ3v) is 3.43. The van der Waals surface area contributed by atoms with Crippen LogP contribution < -0.4 is 5.73 Å². The Bertz CT molecular complexity index is 444. The first-order valence-electron chi connectivity index (χ1n) is 4.69. The first kappa shape index (κ1) is 13.1. The Morgan fingerprint density at radius 2 is 2.00 bits per heavy atom. The molecule has 0 saturated carbocycles. The molecule has 2 unspecified atom stereocenters. The van der Waals surface area contributed by atoms with Gasteiger partial charge < -0.3 is 10.8 Å². The molecule has 0 aliphatic rings. The summed E-state index contributed by atoms with van der Waals surface area (Å²) in [6, 6.07) is 5.02. The van der Waals surface area contributed by atoms with Gasteiger partial charge in [-0.15, -0.1) is 0 Å². The van der Waals surface area contributed by atoms with Crippen LogP contribution in [0.1, 0.15) is 11.7 Å². The van der Waals surface area contributed by atoms with Crippen LogP contribution >= 0.6 is 0 Å². The molecule has 4 N–H and O–H groups in total. The van der Waals surface area contributed by atoms with E-state index in [9.17, 15) is 13.7 Å². The molecule has 0 aliphatic heterocycles. The number of aliphatic hydroxyl groups excluding tert-OH is 1. The van der Waals surface area contributed by atoms with E-state index in [1.807, 2.05) is 0 Å². The fourth-order valence-corrected chi connectivity index (χ4v) is 1.91. The molecule has 4 nitrogen and oxygen atoms in total. The number of hydrogen-bond acceptors (Lipinski definition) is 4. The minimum Gasteiger partial charge on any atom is -0.387 e. The van der Waals surface area contributed by atoms with Gasteiger partial charge in [-0.25, -0.2) is 13.4 Å². The molecule has 0 radical (unpaired) electrons. The lowest BCUT2D eigenvalue weighted by Crippen LogP contribution is -2.30. The van der Waals surface area contributed by atoms with Gasteiger partial charge in [-0.2, -0.15) is 0 Å². The third kappa shape index (κ3) is 3.01. The van der Waals surface area contributed by atoms with Gasteiger partial charge in [0.05, 0.1) is 21.9 Å². The second-order valence-corrected chi connectivity index (χ2v) is 5.83. The highest BCUT2D eigenvalue weighted by Gasteiger charge is 2.16. The molecular formula is C10H15FN2O2S. The van der Waals surface area contributed by atoms with Gasteiger partial charge in [0.2, 0.25) is 0 Å². The highest BCUT2D eigenvalue weighted by atomic mass is 32.2. The number of alkyl halides is 1. The van der Waals surface area contributed by atoms with Crippen molar-refractivity contribution in [2.45, 2.75) is 17.0 Å². The minimum atomic E-state index is -2.76. The smallest absolute Gasteiger partial charge is 0.107 e. The summed E-state index contributed by atoms with van der Waals surface area (Å²) in [6.07, 6.45) is 0.226. The zero-order valence-electron chi connectivity index (χ0n) is 8.89. The van der Waals surface area contributed by atoms with Gasteiger partial charge in [-0.05, 0) is 17.7 Å². The van der Waals surface area contributed by atoms with Crippen LogP contribution in [-0.4, -0.2) is 28.3 Å². The lowest BCUT2D eigenvalue weighted by Gasteiger charge is -2.16. The van der Waals surface area contributed by atoms with Gasteiger partial charge in [0.1, 0.15) is 6.67 Å². The summed E-state index contributed by atoms with van der Waals surface area (Å²) in [5.41, 5.74) is 5.81. The lowest BCUT2D eigenvalue weighted by molar-refractivity contribution is 0.132. The monoisotopic (exact) mass is 246 g/mol. The number of nitrogens with one attached hydrogen (secondary N) is 1. The number of benzene rings is 1. The van der Waals surface area contributed by atoms with E-state index in [0.717, 1.165) is 0 Å². The molecule has 0 bridgehead atoms. The Labute approximate surface area is 94.3 Å². The zero-order chi connectivity index (χ0) is 12.3. The van der Waals surface area contributed by atoms with Crippen molar-refractivity contribution < 1.29 is 13.7 Å². The Hall–Kier alpha value is -0.980. The summed E-state index contributed by atoms with van der Waals surface area (Å²) in [4.78, 5) is 0.372. The van der Waals surface area contributed by atoms with Gasteiger partial charge in [0, 0.05) is 11.2 Å². The summed E-state index contributed by atoms with van der Waals surface area (Å²) >= 11 is 0. The highest BCUT2D eigenvalue weighted by Crippen LogP contribution is 2.18. The second-order valence-electron chi connectivity index (χ2n) is 3.68. The molecule has 0 amide bonds. The number of aliphatic hydroxyl groups is 1. The number of hydrogen-bond donors (Lipinski definition) is 3. The van der Waals surface area contributed by atoms with E-state index in [0.29, 0.717) is 10.5 Å². The second kappa shape index (κ2) is 4.90. The average Bonchev–Trinajstić information content (AvgIpc) is 2.26. The standard InChI is InChI=1S/C10H15FN2O2S/c1-16(13,15)8-4-2-7(3-5-8)10(14)9(12)6-11/h2-5,9-10,13-14H,6,12H2,1H3/t9?,10-,16?/m1/s1. The first-order chi connectivity index (χ1) is 7.36. The predicted octanol–water partition coefficient (Wildman–Crippen LogP) is 1.05. The molecule has 90 valence electrons. The van der Waals surface area contributed by atoms with E-state index in [-0.39, 0.29) is 0 Å². The lowest BCUT2D eigenvalue weighted by atomic mass is 10.0. The van der Waals surface area contributed by atoms with Crippen LogP contribution in [0.4, 0.5) is 4.39 Å². The Morgan fingerprint density at radius 1 is 1.50 bits per heavy atom. The molecular weight excluding hydrogens is 231 g/mol. The van der Waals surface area contributed by atoms with Crippen LogP contribution in [0.15, 0.2) is 29.2 Å². The Morgan fingerprint density at radius 3 is 2.38 bits per heavy atom. The molecule has 16 heavy (non-hydrogen) atoms. The van der Waals surface area contributed by atoms with Crippen molar-refractivity contribution in [2.24, 2.45) is 5.73 Å². The topological polar surface area (TPSA) is 87.2 Å². The van der Waals surface area contributed by atoms with Crippen molar-refractivity contribution in [2.75, 3.05) is 12.9 Å². The molecule has 1 aromatic carbocycles. The zero-order valence-corrected chi connectivity index (χ0v) is 9.71. The highest BCUT2D eigenvalue weighted by molar-refractivity contribution is 7.91. The van der Waals surface area contributed by atoms with Crippen molar-refractivity contribution in [3.05, 3.63) is 29.8 Å². The number of nitrogens with two attached hydrogens (primary N) is 1. The van der Waals surface area contributed by atoms with Gasteiger partial charge in [-0.1, -0.05) is 12.1 Å². The predicted molar refractivity (Wildman–Crippen MR) is 60.4 cm³/mol. The van der Waals surface area contributed by atoms with Gasteiger partial charge in [0.15, 0.2) is 0 Å². The minimum absolute atomic E-state index is 0.372. The number of halogens is 1. The Kier molecular flexibility index (Phi) is 4.01. The molecule has 0 spiro atoms. The maximum Gasteiger partial charge on any atom is 0.107 e. The molecule has 0 aromatic heterocycles. The van der Waals surface area contributed by atoms with Crippen molar-refractivity contribution in [1.29, 1.82) is 4.78 Å². The summed E-state index contributed by atoms with van der Waals surface area (Å²) in [7, 11) is -2.76. The molecule has 0 aliphatic carbocycles. The van der Waals surface area contributed by atoms with E-state index in [2.05, 4.69) is 0 Å². The van der Waals surface area contributed by atoms with Crippen LogP contribution in [0.25, 0.3) is 0 Å².